The van der Waals surface area contributed by atoms with Gasteiger partial charge >= 0.3 is 0 Å². The van der Waals surface area contributed by atoms with Crippen molar-refractivity contribution in [3.8, 4) is 0 Å². The van der Waals surface area contributed by atoms with Crippen molar-refractivity contribution in [2.75, 3.05) is 30.4 Å². The predicted molar refractivity (Wildman–Crippen MR) is 73.5 cm³/mol. The van der Waals surface area contributed by atoms with Gasteiger partial charge in [-0.25, -0.2) is 9.97 Å². The topological polar surface area (TPSA) is 41.0 Å². The largest absolute Gasteiger partial charge is 0.370 e. The molecule has 0 aliphatic heterocycles. The van der Waals surface area contributed by atoms with Crippen molar-refractivity contribution in [3.05, 3.63) is 12.4 Å². The van der Waals surface area contributed by atoms with E-state index in [4.69, 9.17) is 0 Å². The molecule has 0 fully saturated rings. The molecule has 1 rings (SSSR count). The fourth-order valence-electron chi connectivity index (χ4n) is 1.47. The van der Waals surface area contributed by atoms with Gasteiger partial charge in [0.2, 0.25) is 0 Å². The minimum atomic E-state index is 0.719. The minimum Gasteiger partial charge on any atom is -0.370 e. The molecule has 0 aromatic carbocycles. The van der Waals surface area contributed by atoms with Crippen LogP contribution < -0.4 is 10.2 Å². The van der Waals surface area contributed by atoms with E-state index in [1.165, 1.54) is 6.42 Å². The quantitative estimate of drug-likeness (QED) is 0.790. The lowest BCUT2D eigenvalue weighted by atomic mass is 10.1. The fraction of sp³-hybridized carbons (Fsp3) is 0.692. The third-order valence-corrected chi connectivity index (χ3v) is 2.64. The summed E-state index contributed by atoms with van der Waals surface area (Å²) >= 11 is 0. The molecule has 1 aromatic rings. The van der Waals surface area contributed by atoms with Gasteiger partial charge in [0.05, 0.1) is 0 Å². The van der Waals surface area contributed by atoms with Crippen molar-refractivity contribution in [3.63, 3.8) is 0 Å². The Morgan fingerprint density at radius 2 is 2.12 bits per heavy atom. The van der Waals surface area contributed by atoms with E-state index in [2.05, 4.69) is 48.0 Å². The first-order chi connectivity index (χ1) is 8.13. The first-order valence-corrected chi connectivity index (χ1v) is 6.40. The van der Waals surface area contributed by atoms with Crippen LogP contribution in [-0.2, 0) is 0 Å². The highest BCUT2D eigenvalue weighted by atomic mass is 15.2. The number of hydrogen-bond donors (Lipinski definition) is 1. The van der Waals surface area contributed by atoms with E-state index < -0.39 is 0 Å². The number of nitrogens with zero attached hydrogens (tertiary/aromatic N) is 3. The number of anilines is 2. The van der Waals surface area contributed by atoms with Crippen molar-refractivity contribution in [1.82, 2.24) is 9.97 Å². The molecule has 4 nitrogen and oxygen atoms in total. The van der Waals surface area contributed by atoms with Crippen molar-refractivity contribution in [2.24, 2.45) is 5.92 Å². The summed E-state index contributed by atoms with van der Waals surface area (Å²) in [5, 5.41) is 3.28. The maximum atomic E-state index is 4.30. The van der Waals surface area contributed by atoms with Crippen molar-refractivity contribution in [1.29, 1.82) is 0 Å². The van der Waals surface area contributed by atoms with E-state index in [0.29, 0.717) is 0 Å². The number of rotatable bonds is 7. The SMILES string of the molecule is CCCNc1cc(N(C)CCC(C)C)ncn1. The molecule has 0 saturated carbocycles. The van der Waals surface area contributed by atoms with Crippen LogP contribution in [0.15, 0.2) is 12.4 Å². The van der Waals surface area contributed by atoms with E-state index in [1.807, 2.05) is 6.07 Å². The Morgan fingerprint density at radius 1 is 1.35 bits per heavy atom. The molecule has 0 saturated heterocycles. The van der Waals surface area contributed by atoms with Gasteiger partial charge in [-0.2, -0.15) is 0 Å². The lowest BCUT2D eigenvalue weighted by Crippen LogP contribution is -2.21. The first kappa shape index (κ1) is 13.7. The fourth-order valence-corrected chi connectivity index (χ4v) is 1.47. The molecule has 0 atom stereocenters. The Labute approximate surface area is 104 Å². The smallest absolute Gasteiger partial charge is 0.133 e. The van der Waals surface area contributed by atoms with Gasteiger partial charge < -0.3 is 10.2 Å². The molecule has 0 amide bonds. The zero-order valence-corrected chi connectivity index (χ0v) is 11.4. The second-order valence-corrected chi connectivity index (χ2v) is 4.79. The second-order valence-electron chi connectivity index (χ2n) is 4.79. The van der Waals surface area contributed by atoms with Crippen LogP contribution in [0.3, 0.4) is 0 Å². The third kappa shape index (κ3) is 5.02. The zero-order chi connectivity index (χ0) is 12.7. The van der Waals surface area contributed by atoms with Gasteiger partial charge in [-0.15, -0.1) is 0 Å². The summed E-state index contributed by atoms with van der Waals surface area (Å²) in [6, 6.07) is 2.01. The number of nitrogens with one attached hydrogen (secondary N) is 1. The van der Waals surface area contributed by atoms with E-state index in [-0.39, 0.29) is 0 Å². The maximum Gasteiger partial charge on any atom is 0.133 e. The van der Waals surface area contributed by atoms with E-state index >= 15 is 0 Å². The van der Waals surface area contributed by atoms with Gasteiger partial charge in [-0.1, -0.05) is 20.8 Å². The van der Waals surface area contributed by atoms with Gasteiger partial charge in [0, 0.05) is 26.2 Å². The highest BCUT2D eigenvalue weighted by molar-refractivity contribution is 5.47. The van der Waals surface area contributed by atoms with Crippen molar-refractivity contribution >= 4 is 11.6 Å². The molecule has 17 heavy (non-hydrogen) atoms. The standard InChI is InChI=1S/C13H24N4/c1-5-7-14-12-9-13(16-10-15-12)17(4)8-6-11(2)3/h9-11H,5-8H2,1-4H3,(H,14,15,16). The molecule has 0 aliphatic rings. The molecule has 0 unspecified atom stereocenters. The molecule has 4 heteroatoms. The zero-order valence-electron chi connectivity index (χ0n) is 11.4. The summed E-state index contributed by atoms with van der Waals surface area (Å²) in [4.78, 5) is 10.7. The second kappa shape index (κ2) is 7.09. The van der Waals surface area contributed by atoms with E-state index in [9.17, 15) is 0 Å². The molecule has 1 aromatic heterocycles. The first-order valence-electron chi connectivity index (χ1n) is 6.40. The molecule has 96 valence electrons. The summed E-state index contributed by atoms with van der Waals surface area (Å²) in [7, 11) is 2.08. The van der Waals surface area contributed by atoms with Crippen LogP contribution in [0.2, 0.25) is 0 Å². The summed E-state index contributed by atoms with van der Waals surface area (Å²) in [6.45, 7) is 8.60. The molecule has 1 heterocycles. The average Bonchev–Trinajstić information content (AvgIpc) is 2.33. The van der Waals surface area contributed by atoms with E-state index in [1.54, 1.807) is 6.33 Å². The monoisotopic (exact) mass is 236 g/mol. The molecular weight excluding hydrogens is 212 g/mol. The van der Waals surface area contributed by atoms with Gasteiger partial charge in [0.25, 0.3) is 0 Å². The van der Waals surface area contributed by atoms with Crippen LogP contribution >= 0.6 is 0 Å². The molecular formula is C13H24N4. The summed E-state index contributed by atoms with van der Waals surface area (Å²) in [6.07, 6.45) is 3.90. The van der Waals surface area contributed by atoms with Crippen LogP contribution in [0, 0.1) is 5.92 Å². The summed E-state index contributed by atoms with van der Waals surface area (Å²) < 4.78 is 0. The lowest BCUT2D eigenvalue weighted by Gasteiger charge is -2.19. The van der Waals surface area contributed by atoms with Gasteiger partial charge in [0.15, 0.2) is 0 Å². The van der Waals surface area contributed by atoms with Crippen LogP contribution in [0.5, 0.6) is 0 Å². The van der Waals surface area contributed by atoms with Crippen LogP contribution in [0.4, 0.5) is 11.6 Å². The van der Waals surface area contributed by atoms with Crippen molar-refractivity contribution in [2.45, 2.75) is 33.6 Å². The summed E-state index contributed by atoms with van der Waals surface area (Å²) in [5.74, 6) is 2.62. The van der Waals surface area contributed by atoms with Gasteiger partial charge in [-0.3, -0.25) is 0 Å². The highest BCUT2D eigenvalue weighted by Crippen LogP contribution is 2.13. The highest BCUT2D eigenvalue weighted by Gasteiger charge is 2.05. The Bertz CT molecular complexity index is 325. The number of aromatic nitrogens is 2. The third-order valence-electron chi connectivity index (χ3n) is 2.64. The Balaban J connectivity index is 2.57. The van der Waals surface area contributed by atoms with Crippen molar-refractivity contribution < 1.29 is 0 Å². The minimum absolute atomic E-state index is 0.719. The summed E-state index contributed by atoms with van der Waals surface area (Å²) in [5.41, 5.74) is 0. The molecule has 1 N–H and O–H groups in total. The Kier molecular flexibility index (Phi) is 5.73. The molecule has 0 spiro atoms. The maximum absolute atomic E-state index is 4.30. The lowest BCUT2D eigenvalue weighted by molar-refractivity contribution is 0.583. The van der Waals surface area contributed by atoms with E-state index in [0.717, 1.165) is 37.1 Å². The molecule has 0 radical (unpaired) electrons. The Hall–Kier alpha value is -1.32. The van der Waals surface area contributed by atoms with Gasteiger partial charge in [-0.05, 0) is 18.8 Å². The normalized spacial score (nSPS) is 10.6. The van der Waals surface area contributed by atoms with Crippen LogP contribution in [-0.4, -0.2) is 30.1 Å². The predicted octanol–water partition coefficient (Wildman–Crippen LogP) is 2.78. The average molecular weight is 236 g/mol. The van der Waals surface area contributed by atoms with Gasteiger partial charge in [0.1, 0.15) is 18.0 Å². The Morgan fingerprint density at radius 3 is 2.76 bits per heavy atom. The molecule has 0 aliphatic carbocycles. The molecule has 0 bridgehead atoms. The number of hydrogen-bond acceptors (Lipinski definition) is 4. The van der Waals surface area contributed by atoms with Crippen LogP contribution in [0.1, 0.15) is 33.6 Å². The van der Waals surface area contributed by atoms with Crippen LogP contribution in [0.25, 0.3) is 0 Å².